The molecule has 2 N–H and O–H groups in total. The number of pyridine rings is 1. The quantitative estimate of drug-likeness (QED) is 0.779. The number of hydrogen-bond donors (Lipinski definition) is 2. The number of hydrogen-bond acceptors (Lipinski definition) is 4. The number of aliphatic hydroxyl groups is 1. The maximum atomic E-state index is 12.0. The Hall–Kier alpha value is -1.33. The minimum atomic E-state index is -0.183. The molecule has 1 unspecified atom stereocenters. The van der Waals surface area contributed by atoms with Crippen molar-refractivity contribution in [1.82, 2.24) is 10.3 Å². The van der Waals surface area contributed by atoms with Crippen LogP contribution in [-0.2, 0) is 0 Å². The van der Waals surface area contributed by atoms with E-state index in [-0.39, 0.29) is 18.4 Å². The molecule has 19 heavy (non-hydrogen) atoms. The van der Waals surface area contributed by atoms with Crippen molar-refractivity contribution in [1.29, 1.82) is 0 Å². The van der Waals surface area contributed by atoms with Crippen LogP contribution in [0.1, 0.15) is 23.7 Å². The van der Waals surface area contributed by atoms with Gasteiger partial charge in [0.25, 0.3) is 5.91 Å². The molecular formula is C13H20ClN3O2. The first-order valence-corrected chi connectivity index (χ1v) is 6.55. The normalized spacial score (nSPS) is 12.1. The fraction of sp³-hybridized carbons (Fsp3) is 0.538. The summed E-state index contributed by atoms with van der Waals surface area (Å²) >= 11 is 5.90. The summed E-state index contributed by atoms with van der Waals surface area (Å²) in [7, 11) is 3.67. The smallest absolute Gasteiger partial charge is 0.251 e. The summed E-state index contributed by atoms with van der Waals surface area (Å²) in [5.41, 5.74) is 0.486. The van der Waals surface area contributed by atoms with E-state index in [4.69, 9.17) is 16.7 Å². The molecule has 1 aromatic heterocycles. The van der Waals surface area contributed by atoms with Crippen LogP contribution in [0.15, 0.2) is 12.1 Å². The summed E-state index contributed by atoms with van der Waals surface area (Å²) in [4.78, 5) is 17.9. The van der Waals surface area contributed by atoms with Gasteiger partial charge in [0.15, 0.2) is 0 Å². The third-order valence-electron chi connectivity index (χ3n) is 2.73. The van der Waals surface area contributed by atoms with Gasteiger partial charge in [0, 0.05) is 32.8 Å². The lowest BCUT2D eigenvalue weighted by Crippen LogP contribution is -2.29. The zero-order chi connectivity index (χ0) is 14.4. The number of aliphatic hydroxyl groups excluding tert-OH is 1. The SMILES string of the molecule is CC(CCO)CNC(=O)c1cc(Cl)nc(N(C)C)c1. The van der Waals surface area contributed by atoms with E-state index in [0.29, 0.717) is 29.5 Å². The molecule has 1 atom stereocenters. The molecule has 106 valence electrons. The largest absolute Gasteiger partial charge is 0.396 e. The lowest BCUT2D eigenvalue weighted by Gasteiger charge is -2.14. The number of aromatic nitrogens is 1. The van der Waals surface area contributed by atoms with Crippen LogP contribution in [0.2, 0.25) is 5.15 Å². The molecule has 0 saturated heterocycles. The fourth-order valence-electron chi connectivity index (χ4n) is 1.53. The Kier molecular flexibility index (Phi) is 6.05. The maximum absolute atomic E-state index is 12.0. The van der Waals surface area contributed by atoms with Crippen LogP contribution in [0.25, 0.3) is 0 Å². The molecule has 0 spiro atoms. The molecule has 0 aromatic carbocycles. The Balaban J connectivity index is 2.71. The summed E-state index contributed by atoms with van der Waals surface area (Å²) in [5, 5.41) is 11.9. The monoisotopic (exact) mass is 285 g/mol. The molecule has 6 heteroatoms. The second-order valence-electron chi connectivity index (χ2n) is 4.76. The highest BCUT2D eigenvalue weighted by Crippen LogP contribution is 2.16. The minimum Gasteiger partial charge on any atom is -0.396 e. The number of nitrogens with one attached hydrogen (secondary N) is 1. The third-order valence-corrected chi connectivity index (χ3v) is 2.93. The predicted octanol–water partition coefficient (Wildman–Crippen LogP) is 1.55. The number of carbonyl (C=O) groups is 1. The molecule has 0 aliphatic carbocycles. The summed E-state index contributed by atoms with van der Waals surface area (Å²) in [5.74, 6) is 0.692. The van der Waals surface area contributed by atoms with E-state index in [2.05, 4.69) is 10.3 Å². The van der Waals surface area contributed by atoms with E-state index in [0.717, 1.165) is 0 Å². The maximum Gasteiger partial charge on any atom is 0.251 e. The molecule has 0 aliphatic rings. The number of anilines is 1. The number of nitrogens with zero attached hydrogens (tertiary/aromatic N) is 2. The number of rotatable bonds is 6. The van der Waals surface area contributed by atoms with Crippen molar-refractivity contribution in [3.63, 3.8) is 0 Å². The summed E-state index contributed by atoms with van der Waals surface area (Å²) in [6.07, 6.45) is 0.667. The lowest BCUT2D eigenvalue weighted by atomic mass is 10.1. The molecule has 1 aromatic rings. The van der Waals surface area contributed by atoms with Gasteiger partial charge in [-0.2, -0.15) is 0 Å². The molecule has 0 radical (unpaired) electrons. The van der Waals surface area contributed by atoms with Crippen LogP contribution in [0, 0.1) is 5.92 Å². The van der Waals surface area contributed by atoms with E-state index in [1.165, 1.54) is 0 Å². The van der Waals surface area contributed by atoms with Crippen molar-refractivity contribution < 1.29 is 9.90 Å². The third kappa shape index (κ3) is 5.04. The van der Waals surface area contributed by atoms with Crippen molar-refractivity contribution >= 4 is 23.3 Å². The number of amides is 1. The van der Waals surface area contributed by atoms with Gasteiger partial charge in [-0.15, -0.1) is 0 Å². The lowest BCUT2D eigenvalue weighted by molar-refractivity contribution is 0.0945. The van der Waals surface area contributed by atoms with E-state index in [1.807, 2.05) is 21.0 Å². The van der Waals surface area contributed by atoms with Gasteiger partial charge in [-0.1, -0.05) is 18.5 Å². The van der Waals surface area contributed by atoms with Crippen LogP contribution in [0.3, 0.4) is 0 Å². The fourth-order valence-corrected chi connectivity index (χ4v) is 1.74. The van der Waals surface area contributed by atoms with Gasteiger partial charge in [0.2, 0.25) is 0 Å². The number of halogens is 1. The van der Waals surface area contributed by atoms with E-state index >= 15 is 0 Å². The van der Waals surface area contributed by atoms with Crippen molar-refractivity contribution in [3.8, 4) is 0 Å². The van der Waals surface area contributed by atoms with Crippen LogP contribution in [0.4, 0.5) is 5.82 Å². The predicted molar refractivity (Wildman–Crippen MR) is 76.8 cm³/mol. The first-order chi connectivity index (χ1) is 8.93. The molecular weight excluding hydrogens is 266 g/mol. The van der Waals surface area contributed by atoms with Gasteiger partial charge in [-0.3, -0.25) is 4.79 Å². The van der Waals surface area contributed by atoms with E-state index < -0.39 is 0 Å². The highest BCUT2D eigenvalue weighted by Gasteiger charge is 2.11. The van der Waals surface area contributed by atoms with Crippen LogP contribution >= 0.6 is 11.6 Å². The Bertz CT molecular complexity index is 438. The van der Waals surface area contributed by atoms with Crippen molar-refractivity contribution in [2.75, 3.05) is 32.1 Å². The van der Waals surface area contributed by atoms with Crippen molar-refractivity contribution in [3.05, 3.63) is 22.8 Å². The van der Waals surface area contributed by atoms with E-state index in [9.17, 15) is 4.79 Å². The standard InChI is InChI=1S/C13H20ClN3O2/c1-9(4-5-18)8-15-13(19)10-6-11(14)16-12(7-10)17(2)3/h6-7,9,18H,4-5,8H2,1-3H3,(H,15,19). The first-order valence-electron chi connectivity index (χ1n) is 6.18. The molecule has 1 amide bonds. The average Bonchev–Trinajstić information content (AvgIpc) is 2.35. The van der Waals surface area contributed by atoms with Crippen molar-refractivity contribution in [2.24, 2.45) is 5.92 Å². The first kappa shape index (κ1) is 15.7. The van der Waals surface area contributed by atoms with Gasteiger partial charge in [-0.25, -0.2) is 4.98 Å². The van der Waals surface area contributed by atoms with Gasteiger partial charge >= 0.3 is 0 Å². The highest BCUT2D eigenvalue weighted by atomic mass is 35.5. The zero-order valence-corrected chi connectivity index (χ0v) is 12.2. The summed E-state index contributed by atoms with van der Waals surface area (Å²) in [6.45, 7) is 2.63. The van der Waals surface area contributed by atoms with Gasteiger partial charge < -0.3 is 15.3 Å². The zero-order valence-electron chi connectivity index (χ0n) is 11.5. The Morgan fingerprint density at radius 3 is 2.79 bits per heavy atom. The van der Waals surface area contributed by atoms with Crippen LogP contribution in [-0.4, -0.2) is 43.2 Å². The molecule has 0 bridgehead atoms. The van der Waals surface area contributed by atoms with Crippen LogP contribution < -0.4 is 10.2 Å². The van der Waals surface area contributed by atoms with Crippen molar-refractivity contribution in [2.45, 2.75) is 13.3 Å². The highest BCUT2D eigenvalue weighted by molar-refractivity contribution is 6.29. The van der Waals surface area contributed by atoms with E-state index in [1.54, 1.807) is 17.0 Å². The number of carbonyl (C=O) groups excluding carboxylic acids is 1. The Labute approximate surface area is 118 Å². The van der Waals surface area contributed by atoms with Gasteiger partial charge in [0.05, 0.1) is 0 Å². The second-order valence-corrected chi connectivity index (χ2v) is 5.15. The Morgan fingerprint density at radius 1 is 1.53 bits per heavy atom. The Morgan fingerprint density at radius 2 is 2.21 bits per heavy atom. The molecule has 5 nitrogen and oxygen atoms in total. The molecule has 1 heterocycles. The topological polar surface area (TPSA) is 65.5 Å². The van der Waals surface area contributed by atoms with Gasteiger partial charge in [0.1, 0.15) is 11.0 Å². The summed E-state index contributed by atoms with van der Waals surface area (Å²) in [6, 6.07) is 3.23. The average molecular weight is 286 g/mol. The minimum absolute atomic E-state index is 0.128. The molecule has 0 aliphatic heterocycles. The van der Waals surface area contributed by atoms with Crippen LogP contribution in [0.5, 0.6) is 0 Å². The second kappa shape index (κ2) is 7.31. The molecule has 0 saturated carbocycles. The molecule has 1 rings (SSSR count). The molecule has 0 fully saturated rings. The van der Waals surface area contributed by atoms with Gasteiger partial charge in [-0.05, 0) is 24.5 Å². The summed E-state index contributed by atoms with van der Waals surface area (Å²) < 4.78 is 0.